The van der Waals surface area contributed by atoms with E-state index < -0.39 is 18.1 Å². The first kappa shape index (κ1) is 28.8. The predicted molar refractivity (Wildman–Crippen MR) is 159 cm³/mol. The second-order valence-corrected chi connectivity index (χ2v) is 11.5. The van der Waals surface area contributed by atoms with Crippen LogP contribution in [0.3, 0.4) is 0 Å². The van der Waals surface area contributed by atoms with Gasteiger partial charge < -0.3 is 27.0 Å². The molecule has 0 radical (unpaired) electrons. The Kier molecular flexibility index (Phi) is 9.31. The molecule has 2 aliphatic heterocycles. The Morgan fingerprint density at radius 1 is 0.927 bits per heavy atom. The number of hydrogen-bond acceptors (Lipinski definition) is 5. The van der Waals surface area contributed by atoms with Crippen molar-refractivity contribution in [2.45, 2.75) is 68.7 Å². The number of allylic oxidation sites excluding steroid dienone is 4. The molecule has 0 aromatic heterocycles. The normalized spacial score (nSPS) is 26.4. The number of carbonyl (C=O) groups excluding carboxylic acids is 3. The highest BCUT2D eigenvalue weighted by atomic mass is 16.2. The molecule has 41 heavy (non-hydrogen) atoms. The lowest BCUT2D eigenvalue weighted by atomic mass is 9.91. The molecule has 3 aliphatic rings. The van der Waals surface area contributed by atoms with Crippen LogP contribution >= 0.6 is 0 Å². The van der Waals surface area contributed by atoms with Crippen molar-refractivity contribution in [1.82, 2.24) is 15.5 Å². The van der Waals surface area contributed by atoms with Gasteiger partial charge in [-0.1, -0.05) is 85.0 Å². The average Bonchev–Trinajstić information content (AvgIpc) is 3.39. The highest BCUT2D eigenvalue weighted by Crippen LogP contribution is 2.34. The lowest BCUT2D eigenvalue weighted by Gasteiger charge is -2.33. The Morgan fingerprint density at radius 3 is 2.20 bits per heavy atom. The summed E-state index contributed by atoms with van der Waals surface area (Å²) in [6.45, 7) is 0.267. The summed E-state index contributed by atoms with van der Waals surface area (Å²) < 4.78 is 0. The van der Waals surface area contributed by atoms with Gasteiger partial charge in [0.1, 0.15) is 12.1 Å². The van der Waals surface area contributed by atoms with Crippen LogP contribution in [0.4, 0.5) is 0 Å². The summed E-state index contributed by atoms with van der Waals surface area (Å²) in [7, 11) is 0. The Hall–Kier alpha value is -3.75. The Balaban J connectivity index is 1.33. The van der Waals surface area contributed by atoms with E-state index in [-0.39, 0.29) is 48.2 Å². The standard InChI is InChI=1S/C33H41N5O3/c34-21-25-16-17-26-18-19-28(32(40)36-29(23-12-6-2-7-13-23)24-14-8-3-9-15-24)38(26)33(41)30(25)37-31(39)27(35)20-22-10-4-1-5-11-22/h1-10,12-15,22,25-30H,11,16-21,34-35H2,(H,36,40)(H,37,39). The minimum Gasteiger partial charge on any atom is -0.343 e. The van der Waals surface area contributed by atoms with Gasteiger partial charge in [0.05, 0.1) is 12.1 Å². The van der Waals surface area contributed by atoms with E-state index in [9.17, 15) is 14.4 Å². The van der Waals surface area contributed by atoms with E-state index in [1.165, 1.54) is 0 Å². The van der Waals surface area contributed by atoms with E-state index >= 15 is 0 Å². The molecule has 3 amide bonds. The third-order valence-electron chi connectivity index (χ3n) is 8.78. The fourth-order valence-corrected chi connectivity index (χ4v) is 6.51. The minimum absolute atomic E-state index is 0.0612. The highest BCUT2D eigenvalue weighted by Gasteiger charge is 2.47. The van der Waals surface area contributed by atoms with Crippen molar-refractivity contribution in [3.05, 3.63) is 96.1 Å². The molecule has 2 saturated heterocycles. The first-order valence-corrected chi connectivity index (χ1v) is 14.8. The number of nitrogens with one attached hydrogen (secondary N) is 2. The van der Waals surface area contributed by atoms with Crippen LogP contribution in [0.15, 0.2) is 85.0 Å². The van der Waals surface area contributed by atoms with Crippen LogP contribution in [-0.2, 0) is 14.4 Å². The summed E-state index contributed by atoms with van der Waals surface area (Å²) in [5.74, 6) is -0.807. The summed E-state index contributed by atoms with van der Waals surface area (Å²) in [5, 5.41) is 6.19. The monoisotopic (exact) mass is 555 g/mol. The van der Waals surface area contributed by atoms with Crippen molar-refractivity contribution in [3.63, 3.8) is 0 Å². The van der Waals surface area contributed by atoms with E-state index in [1.54, 1.807) is 4.90 Å². The lowest BCUT2D eigenvalue weighted by Crippen LogP contribution is -2.59. The van der Waals surface area contributed by atoms with E-state index in [4.69, 9.17) is 11.5 Å². The molecular weight excluding hydrogens is 514 g/mol. The van der Waals surface area contributed by atoms with Gasteiger partial charge in [-0.3, -0.25) is 14.4 Å². The van der Waals surface area contributed by atoms with Gasteiger partial charge in [-0.15, -0.1) is 0 Å². The van der Waals surface area contributed by atoms with Gasteiger partial charge in [0.15, 0.2) is 0 Å². The largest absolute Gasteiger partial charge is 0.343 e. The Labute approximate surface area is 242 Å². The number of fused-ring (bicyclic) bond motifs is 1. The van der Waals surface area contributed by atoms with Crippen molar-refractivity contribution in [1.29, 1.82) is 0 Å². The molecule has 216 valence electrons. The molecule has 0 saturated carbocycles. The molecule has 0 spiro atoms. The predicted octanol–water partition coefficient (Wildman–Crippen LogP) is 2.96. The smallest absolute Gasteiger partial charge is 0.246 e. The molecular formula is C33H41N5O3. The zero-order valence-electron chi connectivity index (χ0n) is 23.4. The number of hydrogen-bond donors (Lipinski definition) is 4. The fourth-order valence-electron chi connectivity index (χ4n) is 6.51. The van der Waals surface area contributed by atoms with Crippen molar-refractivity contribution >= 4 is 17.7 Å². The lowest BCUT2D eigenvalue weighted by molar-refractivity contribution is -0.143. The molecule has 5 rings (SSSR count). The summed E-state index contributed by atoms with van der Waals surface area (Å²) >= 11 is 0. The van der Waals surface area contributed by atoms with Crippen molar-refractivity contribution in [3.8, 4) is 0 Å². The first-order valence-electron chi connectivity index (χ1n) is 14.8. The van der Waals surface area contributed by atoms with E-state index in [0.29, 0.717) is 19.3 Å². The maximum Gasteiger partial charge on any atom is 0.246 e. The molecule has 2 aromatic rings. The van der Waals surface area contributed by atoms with Gasteiger partial charge >= 0.3 is 0 Å². The van der Waals surface area contributed by atoms with Crippen molar-refractivity contribution in [2.75, 3.05) is 6.54 Å². The van der Waals surface area contributed by atoms with Crippen LogP contribution in [0, 0.1) is 11.8 Å². The van der Waals surface area contributed by atoms with Crippen LogP contribution in [0.25, 0.3) is 0 Å². The van der Waals surface area contributed by atoms with Crippen molar-refractivity contribution < 1.29 is 14.4 Å². The molecule has 6 N–H and O–H groups in total. The average molecular weight is 556 g/mol. The highest BCUT2D eigenvalue weighted by molar-refractivity contribution is 5.94. The van der Waals surface area contributed by atoms with Crippen LogP contribution in [0.1, 0.15) is 55.7 Å². The third kappa shape index (κ3) is 6.60. The van der Waals surface area contributed by atoms with Gasteiger partial charge in [0, 0.05) is 12.0 Å². The molecule has 8 nitrogen and oxygen atoms in total. The van der Waals surface area contributed by atoms with Gasteiger partial charge in [0.25, 0.3) is 0 Å². The quantitative estimate of drug-likeness (QED) is 0.378. The fraction of sp³-hybridized carbons (Fsp3) is 0.424. The number of carbonyl (C=O) groups is 3. The molecule has 2 fully saturated rings. The Bertz CT molecular complexity index is 1220. The molecule has 0 bridgehead atoms. The van der Waals surface area contributed by atoms with Crippen LogP contribution in [0.5, 0.6) is 0 Å². The maximum atomic E-state index is 14.1. The topological polar surface area (TPSA) is 131 Å². The number of rotatable bonds is 9. The summed E-state index contributed by atoms with van der Waals surface area (Å²) in [4.78, 5) is 42.9. The van der Waals surface area contributed by atoms with E-state index in [2.05, 4.69) is 22.8 Å². The second kappa shape index (κ2) is 13.3. The zero-order valence-corrected chi connectivity index (χ0v) is 23.4. The SMILES string of the molecule is NCC1CCC2CCC(C(=O)NC(c3ccccc3)c3ccccc3)N2C(=O)C1NC(=O)C(N)CC1C=CC=CC1. The molecule has 8 heteroatoms. The molecule has 2 aromatic carbocycles. The van der Waals surface area contributed by atoms with Crippen LogP contribution in [0.2, 0.25) is 0 Å². The number of nitrogens with two attached hydrogens (primary N) is 2. The number of amides is 3. The van der Waals surface area contributed by atoms with Gasteiger partial charge in [0.2, 0.25) is 17.7 Å². The zero-order chi connectivity index (χ0) is 28.8. The molecule has 1 aliphatic carbocycles. The third-order valence-corrected chi connectivity index (χ3v) is 8.78. The van der Waals surface area contributed by atoms with Crippen LogP contribution < -0.4 is 22.1 Å². The number of nitrogens with zero attached hydrogens (tertiary/aromatic N) is 1. The van der Waals surface area contributed by atoms with E-state index in [0.717, 1.165) is 30.4 Å². The van der Waals surface area contributed by atoms with Gasteiger partial charge in [-0.25, -0.2) is 0 Å². The van der Waals surface area contributed by atoms with Gasteiger partial charge in [-0.05, 0) is 62.1 Å². The maximum absolute atomic E-state index is 14.1. The summed E-state index contributed by atoms with van der Waals surface area (Å²) in [6.07, 6.45) is 12.2. The number of benzene rings is 2. The molecule has 2 heterocycles. The Morgan fingerprint density at radius 2 is 1.59 bits per heavy atom. The van der Waals surface area contributed by atoms with Gasteiger partial charge in [-0.2, -0.15) is 0 Å². The minimum atomic E-state index is -0.808. The second-order valence-electron chi connectivity index (χ2n) is 11.5. The van der Waals surface area contributed by atoms with E-state index in [1.807, 2.05) is 72.8 Å². The first-order chi connectivity index (χ1) is 20.0. The van der Waals surface area contributed by atoms with Crippen molar-refractivity contribution in [2.24, 2.45) is 23.3 Å². The summed E-state index contributed by atoms with van der Waals surface area (Å²) in [5.41, 5.74) is 14.3. The van der Waals surface area contributed by atoms with Crippen LogP contribution in [-0.4, -0.2) is 53.3 Å². The summed E-state index contributed by atoms with van der Waals surface area (Å²) in [6, 6.07) is 17.1. The molecule has 6 unspecified atom stereocenters. The molecule has 6 atom stereocenters.